The van der Waals surface area contributed by atoms with E-state index in [1.54, 1.807) is 12.1 Å². The zero-order valence-corrected chi connectivity index (χ0v) is 17.0. The predicted molar refractivity (Wildman–Crippen MR) is 106 cm³/mol. The Kier molecular flexibility index (Phi) is 5.79. The number of pyridine rings is 1. The van der Waals surface area contributed by atoms with Crippen molar-refractivity contribution in [1.29, 1.82) is 0 Å². The van der Waals surface area contributed by atoms with Gasteiger partial charge in [0.15, 0.2) is 5.78 Å². The maximum absolute atomic E-state index is 12.8. The molecule has 0 radical (unpaired) electrons. The lowest BCUT2D eigenvalue weighted by atomic mass is 9.88. The fourth-order valence-electron chi connectivity index (χ4n) is 3.60. The van der Waals surface area contributed by atoms with Crippen LogP contribution >= 0.6 is 11.6 Å². The van der Waals surface area contributed by atoms with Crippen molar-refractivity contribution >= 4 is 23.4 Å². The summed E-state index contributed by atoms with van der Waals surface area (Å²) in [5.41, 5.74) is 1.97. The van der Waals surface area contributed by atoms with Crippen LogP contribution in [0.1, 0.15) is 48.0 Å². The highest BCUT2D eigenvalue weighted by molar-refractivity contribution is 6.31. The summed E-state index contributed by atoms with van der Waals surface area (Å²) < 4.78 is 41.4. The van der Waals surface area contributed by atoms with E-state index in [0.717, 1.165) is 18.5 Å². The van der Waals surface area contributed by atoms with Crippen molar-refractivity contribution in [3.63, 3.8) is 0 Å². The number of urea groups is 1. The van der Waals surface area contributed by atoms with Crippen molar-refractivity contribution < 1.29 is 27.5 Å². The number of amides is 2. The first kappa shape index (κ1) is 21.4. The topological polar surface area (TPSA) is 80.3 Å². The van der Waals surface area contributed by atoms with Gasteiger partial charge in [0, 0.05) is 30.5 Å². The Morgan fingerprint density at radius 2 is 1.90 bits per heavy atom. The SMILES string of the molecule is O=C1NC[C@@H](C(=O)CC(c2ccc(OC(F)(F)F)cc2)c2ccc(Cl)c(C3CC3)n2)N1. The summed E-state index contributed by atoms with van der Waals surface area (Å²) in [5, 5.41) is 5.66. The van der Waals surface area contributed by atoms with Crippen LogP contribution in [-0.2, 0) is 4.79 Å². The summed E-state index contributed by atoms with van der Waals surface area (Å²) in [6.07, 6.45) is -2.79. The molecule has 2 atom stereocenters. The second-order valence-electron chi connectivity index (χ2n) is 7.62. The normalized spacial score (nSPS) is 19.5. The monoisotopic (exact) mass is 453 g/mol. The van der Waals surface area contributed by atoms with Crippen molar-refractivity contribution in [2.45, 2.75) is 43.5 Å². The van der Waals surface area contributed by atoms with E-state index in [1.807, 2.05) is 0 Å². The van der Waals surface area contributed by atoms with E-state index in [1.165, 1.54) is 24.3 Å². The Balaban J connectivity index is 1.63. The first-order valence-electron chi connectivity index (χ1n) is 9.79. The molecular weight excluding hydrogens is 435 g/mol. The molecule has 164 valence electrons. The van der Waals surface area contributed by atoms with Crippen molar-refractivity contribution in [2.75, 3.05) is 6.54 Å². The fraction of sp³-hybridized carbons (Fsp3) is 0.381. The van der Waals surface area contributed by atoms with E-state index < -0.39 is 24.4 Å². The lowest BCUT2D eigenvalue weighted by molar-refractivity contribution is -0.274. The zero-order valence-electron chi connectivity index (χ0n) is 16.2. The van der Waals surface area contributed by atoms with E-state index in [-0.39, 0.29) is 30.4 Å². The average molecular weight is 454 g/mol. The summed E-state index contributed by atoms with van der Waals surface area (Å²) >= 11 is 6.28. The maximum atomic E-state index is 12.8. The molecule has 4 rings (SSSR count). The number of carbonyl (C=O) groups excluding carboxylic acids is 2. The summed E-state index contributed by atoms with van der Waals surface area (Å²) in [5.74, 6) is -0.788. The largest absolute Gasteiger partial charge is 0.573 e. The van der Waals surface area contributed by atoms with Crippen LogP contribution in [0.4, 0.5) is 18.0 Å². The summed E-state index contributed by atoms with van der Waals surface area (Å²) in [6.45, 7) is 0.185. The molecular formula is C21H19ClF3N3O3. The van der Waals surface area contributed by atoms with E-state index in [2.05, 4.69) is 20.4 Å². The third kappa shape index (κ3) is 5.28. The summed E-state index contributed by atoms with van der Waals surface area (Å²) in [4.78, 5) is 28.9. The van der Waals surface area contributed by atoms with Gasteiger partial charge in [-0.3, -0.25) is 9.78 Å². The number of hydrogen-bond donors (Lipinski definition) is 2. The minimum atomic E-state index is -4.79. The van der Waals surface area contributed by atoms with Crippen LogP contribution in [0.15, 0.2) is 36.4 Å². The smallest absolute Gasteiger partial charge is 0.406 e. The van der Waals surface area contributed by atoms with Crippen molar-refractivity contribution in [2.24, 2.45) is 0 Å². The maximum Gasteiger partial charge on any atom is 0.573 e. The molecule has 1 saturated heterocycles. The zero-order chi connectivity index (χ0) is 22.2. The molecule has 2 N–H and O–H groups in total. The number of rotatable bonds is 7. The third-order valence-corrected chi connectivity index (χ3v) is 5.62. The van der Waals surface area contributed by atoms with Crippen LogP contribution in [0, 0.1) is 0 Å². The molecule has 10 heteroatoms. The van der Waals surface area contributed by atoms with E-state index in [0.29, 0.717) is 16.3 Å². The number of carbonyl (C=O) groups is 2. The van der Waals surface area contributed by atoms with Crippen LogP contribution in [0.2, 0.25) is 5.02 Å². The number of benzene rings is 1. The number of nitrogens with one attached hydrogen (secondary N) is 2. The van der Waals surface area contributed by atoms with Crippen LogP contribution in [0.5, 0.6) is 5.75 Å². The molecule has 1 unspecified atom stereocenters. The number of halogens is 4. The Hall–Kier alpha value is -2.81. The number of ketones is 1. The average Bonchev–Trinajstić information content (AvgIpc) is 3.46. The van der Waals surface area contributed by atoms with E-state index in [4.69, 9.17) is 11.6 Å². The number of alkyl halides is 3. The first-order chi connectivity index (χ1) is 14.7. The third-order valence-electron chi connectivity index (χ3n) is 5.30. The molecule has 2 amide bonds. The molecule has 2 fully saturated rings. The van der Waals surface area contributed by atoms with E-state index >= 15 is 0 Å². The van der Waals surface area contributed by atoms with Crippen molar-refractivity contribution in [3.8, 4) is 5.75 Å². The molecule has 2 aliphatic rings. The second-order valence-corrected chi connectivity index (χ2v) is 8.03. The van der Waals surface area contributed by atoms with Gasteiger partial charge in [-0.2, -0.15) is 0 Å². The highest BCUT2D eigenvalue weighted by Crippen LogP contribution is 2.43. The molecule has 6 nitrogen and oxygen atoms in total. The van der Waals surface area contributed by atoms with Crippen LogP contribution in [-0.4, -0.2) is 35.7 Å². The van der Waals surface area contributed by atoms with Gasteiger partial charge in [0.2, 0.25) is 0 Å². The van der Waals surface area contributed by atoms with Gasteiger partial charge < -0.3 is 15.4 Å². The highest BCUT2D eigenvalue weighted by Gasteiger charge is 2.33. The minimum Gasteiger partial charge on any atom is -0.406 e. The lowest BCUT2D eigenvalue weighted by Crippen LogP contribution is -2.35. The number of hydrogen-bond acceptors (Lipinski definition) is 4. The quantitative estimate of drug-likeness (QED) is 0.655. The van der Waals surface area contributed by atoms with Gasteiger partial charge in [-0.15, -0.1) is 13.2 Å². The van der Waals surface area contributed by atoms with Gasteiger partial charge >= 0.3 is 12.4 Å². The Morgan fingerprint density at radius 3 is 2.48 bits per heavy atom. The fourth-order valence-corrected chi connectivity index (χ4v) is 3.86. The van der Waals surface area contributed by atoms with Crippen molar-refractivity contribution in [1.82, 2.24) is 15.6 Å². The Labute approximate surface area is 181 Å². The van der Waals surface area contributed by atoms with Gasteiger partial charge in [0.1, 0.15) is 11.8 Å². The van der Waals surface area contributed by atoms with Crippen LogP contribution in [0.3, 0.4) is 0 Å². The molecule has 2 aromatic rings. The molecule has 31 heavy (non-hydrogen) atoms. The predicted octanol–water partition coefficient (Wildman–Crippen LogP) is 4.28. The van der Waals surface area contributed by atoms with Crippen LogP contribution < -0.4 is 15.4 Å². The number of nitrogens with zero attached hydrogens (tertiary/aromatic N) is 1. The molecule has 0 bridgehead atoms. The molecule has 1 aromatic carbocycles. The lowest BCUT2D eigenvalue weighted by Gasteiger charge is -2.20. The number of aromatic nitrogens is 1. The summed E-state index contributed by atoms with van der Waals surface area (Å²) in [6, 6.07) is 7.75. The first-order valence-corrected chi connectivity index (χ1v) is 10.2. The molecule has 2 heterocycles. The number of ether oxygens (including phenoxy) is 1. The molecule has 0 spiro atoms. The second kappa shape index (κ2) is 8.37. The van der Waals surface area contributed by atoms with Gasteiger partial charge in [0.05, 0.1) is 10.7 Å². The standard InChI is InChI=1S/C21H19ClF3N3O3/c22-15-7-8-16(27-19(15)12-1-2-12)14(9-18(29)17-10-26-20(30)28-17)11-3-5-13(6-4-11)31-21(23,24)25/h3-8,12,14,17H,1-2,9-10H2,(H2,26,28,30)/t14?,17-/m0/s1. The van der Waals surface area contributed by atoms with Crippen molar-refractivity contribution in [3.05, 3.63) is 58.4 Å². The Morgan fingerprint density at radius 1 is 1.19 bits per heavy atom. The highest BCUT2D eigenvalue weighted by atomic mass is 35.5. The van der Waals surface area contributed by atoms with Crippen LogP contribution in [0.25, 0.3) is 0 Å². The molecule has 1 aromatic heterocycles. The van der Waals surface area contributed by atoms with Gasteiger partial charge in [-0.05, 0) is 42.7 Å². The van der Waals surface area contributed by atoms with E-state index in [9.17, 15) is 22.8 Å². The minimum absolute atomic E-state index is 0.0187. The molecule has 1 aliphatic heterocycles. The summed E-state index contributed by atoms with van der Waals surface area (Å²) in [7, 11) is 0. The molecule has 1 saturated carbocycles. The van der Waals surface area contributed by atoms with Gasteiger partial charge in [-0.25, -0.2) is 4.79 Å². The molecule has 1 aliphatic carbocycles. The van der Waals surface area contributed by atoms with Gasteiger partial charge in [-0.1, -0.05) is 23.7 Å². The number of Topliss-reactive ketones (excluding diaryl/α,β-unsaturated/α-hetero) is 1. The van der Waals surface area contributed by atoms with Gasteiger partial charge in [0.25, 0.3) is 0 Å². The Bertz CT molecular complexity index is 994.